The number of aliphatic carboxylic acids is 1. The fourth-order valence-electron chi connectivity index (χ4n) is 2.97. The Morgan fingerprint density at radius 3 is 1.80 bits per heavy atom. The van der Waals surface area contributed by atoms with Crippen LogP contribution in [0, 0.1) is 0 Å². The molecule has 0 aliphatic rings. The molecule has 0 aliphatic carbocycles. The first kappa shape index (κ1) is 26.9. The molecule has 190 valence electrons. The van der Waals surface area contributed by atoms with Crippen LogP contribution in [0.4, 0.5) is 0 Å². The van der Waals surface area contributed by atoms with Gasteiger partial charge in [-0.25, -0.2) is 14.8 Å². The lowest BCUT2D eigenvalue weighted by Crippen LogP contribution is -2.59. The second-order valence-electron chi connectivity index (χ2n) is 7.54. The molecule has 0 radical (unpaired) electrons. The number of aromatic amines is 2. The van der Waals surface area contributed by atoms with Crippen molar-refractivity contribution in [3.8, 4) is 0 Å². The number of hydrogen-bond acceptors (Lipinski definition) is 9. The van der Waals surface area contributed by atoms with Crippen molar-refractivity contribution in [2.75, 3.05) is 6.61 Å². The van der Waals surface area contributed by atoms with Gasteiger partial charge in [0, 0.05) is 36.6 Å². The van der Waals surface area contributed by atoms with Crippen LogP contribution >= 0.6 is 0 Å². The van der Waals surface area contributed by atoms with Crippen LogP contribution in [0.25, 0.3) is 0 Å². The number of nitrogens with zero attached hydrogens (tertiary/aromatic N) is 2. The number of H-pyrrole nitrogens is 2. The molecule has 2 aromatic heterocycles. The molecule has 2 rings (SSSR count). The molecule has 2 aromatic rings. The van der Waals surface area contributed by atoms with Gasteiger partial charge in [-0.2, -0.15) is 0 Å². The van der Waals surface area contributed by atoms with E-state index in [1.54, 1.807) is 0 Å². The monoisotopic (exact) mass is 493 g/mol. The predicted molar refractivity (Wildman–Crippen MR) is 117 cm³/mol. The lowest BCUT2D eigenvalue weighted by Gasteiger charge is -2.24. The van der Waals surface area contributed by atoms with Crippen molar-refractivity contribution in [2.45, 2.75) is 43.4 Å². The number of carboxylic acid groups (broad SMARTS) is 1. The van der Waals surface area contributed by atoms with E-state index in [1.165, 1.54) is 25.0 Å². The van der Waals surface area contributed by atoms with Gasteiger partial charge in [-0.05, 0) is 0 Å². The molecule has 2 heterocycles. The van der Waals surface area contributed by atoms with Gasteiger partial charge >= 0.3 is 5.97 Å². The molecule has 16 heteroatoms. The highest BCUT2D eigenvalue weighted by molar-refractivity contribution is 5.95. The maximum Gasteiger partial charge on any atom is 0.326 e. The maximum atomic E-state index is 12.9. The van der Waals surface area contributed by atoms with E-state index in [2.05, 4.69) is 35.9 Å². The zero-order valence-electron chi connectivity index (χ0n) is 18.4. The van der Waals surface area contributed by atoms with Gasteiger partial charge in [-0.3, -0.25) is 19.2 Å². The number of nitrogens with one attached hydrogen (secondary N) is 5. The van der Waals surface area contributed by atoms with E-state index < -0.39 is 66.8 Å². The Labute approximate surface area is 198 Å². The van der Waals surface area contributed by atoms with Crippen molar-refractivity contribution in [3.05, 3.63) is 36.4 Å². The number of primary amides is 1. The van der Waals surface area contributed by atoms with Crippen LogP contribution in [0.15, 0.2) is 25.0 Å². The normalized spacial score (nSPS) is 14.2. The van der Waals surface area contributed by atoms with Crippen LogP contribution in [0.5, 0.6) is 0 Å². The van der Waals surface area contributed by atoms with Gasteiger partial charge in [-0.1, -0.05) is 0 Å². The standard InChI is InChI=1S/C19H27N9O7/c20-11(3-15(21)30)16(31)26-12(1-9-4-22-7-24-9)17(32)28-14(6-29)18(33)27-13(19(34)35)2-10-5-23-8-25-10/h4-5,7-8,11-14,29H,1-3,6,20H2,(H2,21,30)(H,22,24)(H,23,25)(H,26,31)(H,27,33)(H,28,32)(H,34,35). The predicted octanol–water partition coefficient (Wildman–Crippen LogP) is -4.35. The van der Waals surface area contributed by atoms with Crippen LogP contribution in [0.3, 0.4) is 0 Å². The quantitative estimate of drug-likeness (QED) is 0.122. The molecule has 11 N–H and O–H groups in total. The van der Waals surface area contributed by atoms with Gasteiger partial charge in [0.15, 0.2) is 0 Å². The Morgan fingerprint density at radius 2 is 1.34 bits per heavy atom. The number of rotatable bonds is 14. The summed E-state index contributed by atoms with van der Waals surface area (Å²) in [5.41, 5.74) is 11.6. The molecule has 4 amide bonds. The molecular formula is C19H27N9O7. The number of amides is 4. The number of hydrogen-bond donors (Lipinski definition) is 9. The molecule has 0 spiro atoms. The van der Waals surface area contributed by atoms with E-state index in [1.807, 2.05) is 0 Å². The summed E-state index contributed by atoms with van der Waals surface area (Å²) in [6, 6.07) is -5.52. The molecule has 0 fully saturated rings. The van der Waals surface area contributed by atoms with Crippen molar-refractivity contribution in [1.29, 1.82) is 0 Å². The lowest BCUT2D eigenvalue weighted by molar-refractivity contribution is -0.142. The highest BCUT2D eigenvalue weighted by Crippen LogP contribution is 2.03. The van der Waals surface area contributed by atoms with Crippen molar-refractivity contribution in [3.63, 3.8) is 0 Å². The molecule has 0 aliphatic heterocycles. The van der Waals surface area contributed by atoms with Crippen molar-refractivity contribution in [1.82, 2.24) is 35.9 Å². The summed E-state index contributed by atoms with van der Waals surface area (Å²) < 4.78 is 0. The highest BCUT2D eigenvalue weighted by atomic mass is 16.4. The van der Waals surface area contributed by atoms with Gasteiger partial charge in [0.05, 0.1) is 31.7 Å². The Hall–Kier alpha value is -4.31. The molecular weight excluding hydrogens is 466 g/mol. The van der Waals surface area contributed by atoms with Gasteiger partial charge in [0.25, 0.3) is 0 Å². The summed E-state index contributed by atoms with van der Waals surface area (Å²) in [4.78, 5) is 73.5. The number of nitrogens with two attached hydrogens (primary N) is 2. The van der Waals surface area contributed by atoms with Crippen LogP contribution in [-0.2, 0) is 36.8 Å². The van der Waals surface area contributed by atoms with E-state index in [0.717, 1.165) is 0 Å². The average molecular weight is 493 g/mol. The van der Waals surface area contributed by atoms with Crippen LogP contribution < -0.4 is 27.4 Å². The fraction of sp³-hybridized carbons (Fsp3) is 0.421. The van der Waals surface area contributed by atoms with Crippen LogP contribution in [0.1, 0.15) is 17.8 Å². The van der Waals surface area contributed by atoms with Crippen molar-refractivity contribution < 1.29 is 34.2 Å². The Kier molecular flexibility index (Phi) is 9.85. The zero-order valence-corrected chi connectivity index (χ0v) is 18.4. The number of aliphatic hydroxyl groups excluding tert-OH is 1. The summed E-state index contributed by atoms with van der Waals surface area (Å²) >= 11 is 0. The molecule has 35 heavy (non-hydrogen) atoms. The summed E-state index contributed by atoms with van der Waals surface area (Å²) in [6.45, 7) is -0.861. The van der Waals surface area contributed by atoms with Crippen LogP contribution in [0.2, 0.25) is 0 Å². The second kappa shape index (κ2) is 12.8. The molecule has 0 saturated carbocycles. The van der Waals surface area contributed by atoms with Gasteiger partial charge in [-0.15, -0.1) is 0 Å². The summed E-state index contributed by atoms with van der Waals surface area (Å²) in [6.07, 6.45) is 4.80. The number of carbonyl (C=O) groups is 5. The Balaban J connectivity index is 2.09. The number of carboxylic acids is 1. The largest absolute Gasteiger partial charge is 0.480 e. The van der Waals surface area contributed by atoms with E-state index in [-0.39, 0.29) is 12.8 Å². The van der Waals surface area contributed by atoms with Gasteiger partial charge in [0.2, 0.25) is 23.6 Å². The van der Waals surface area contributed by atoms with Crippen LogP contribution in [-0.4, -0.2) is 90.5 Å². The van der Waals surface area contributed by atoms with E-state index in [9.17, 15) is 34.2 Å². The first-order valence-corrected chi connectivity index (χ1v) is 10.3. The fourth-order valence-corrected chi connectivity index (χ4v) is 2.97. The molecule has 4 atom stereocenters. The van der Waals surface area contributed by atoms with Crippen molar-refractivity contribution >= 4 is 29.6 Å². The van der Waals surface area contributed by atoms with E-state index >= 15 is 0 Å². The molecule has 0 bridgehead atoms. The van der Waals surface area contributed by atoms with E-state index in [0.29, 0.717) is 11.4 Å². The third kappa shape index (κ3) is 8.52. The van der Waals surface area contributed by atoms with Gasteiger partial charge < -0.3 is 47.6 Å². The number of aliphatic hydroxyl groups is 1. The summed E-state index contributed by atoms with van der Waals surface area (Å²) in [5.74, 6) is -4.86. The summed E-state index contributed by atoms with van der Waals surface area (Å²) in [5, 5.41) is 25.9. The Bertz CT molecular complexity index is 1010. The van der Waals surface area contributed by atoms with E-state index in [4.69, 9.17) is 11.5 Å². The maximum absolute atomic E-state index is 12.9. The topological polar surface area (TPSA) is 271 Å². The molecule has 0 aromatic carbocycles. The SMILES string of the molecule is NC(=O)CC(N)C(=O)NC(Cc1cnc[nH]1)C(=O)NC(CO)C(=O)NC(Cc1cnc[nH]1)C(=O)O. The zero-order chi connectivity index (χ0) is 26.0. The Morgan fingerprint density at radius 1 is 0.857 bits per heavy atom. The first-order valence-electron chi connectivity index (χ1n) is 10.3. The number of imidazole rings is 2. The highest BCUT2D eigenvalue weighted by Gasteiger charge is 2.31. The van der Waals surface area contributed by atoms with Crippen molar-refractivity contribution in [2.24, 2.45) is 11.5 Å². The molecule has 4 unspecified atom stereocenters. The minimum Gasteiger partial charge on any atom is -0.480 e. The number of aromatic nitrogens is 4. The minimum atomic E-state index is -1.54. The van der Waals surface area contributed by atoms with Gasteiger partial charge in [0.1, 0.15) is 18.1 Å². The first-order chi connectivity index (χ1) is 16.6. The lowest BCUT2D eigenvalue weighted by atomic mass is 10.1. The molecule has 0 saturated heterocycles. The minimum absolute atomic E-state index is 0.0990. The third-order valence-electron chi connectivity index (χ3n) is 4.78. The summed E-state index contributed by atoms with van der Waals surface area (Å²) in [7, 11) is 0. The third-order valence-corrected chi connectivity index (χ3v) is 4.78. The number of carbonyl (C=O) groups excluding carboxylic acids is 4. The smallest absolute Gasteiger partial charge is 0.326 e. The second-order valence-corrected chi connectivity index (χ2v) is 7.54. The average Bonchev–Trinajstić information content (AvgIpc) is 3.50. The molecule has 16 nitrogen and oxygen atoms in total.